The molecule has 0 saturated carbocycles. The van der Waals surface area contributed by atoms with Gasteiger partial charge in [-0.2, -0.15) is 8.78 Å². The van der Waals surface area contributed by atoms with Gasteiger partial charge in [0.2, 0.25) is 0 Å². The van der Waals surface area contributed by atoms with Gasteiger partial charge < -0.3 is 10.8 Å². The zero-order valence-corrected chi connectivity index (χ0v) is 8.68. The fourth-order valence-electron chi connectivity index (χ4n) is 1.01. The van der Waals surface area contributed by atoms with Crippen LogP contribution in [0.1, 0.15) is 13.8 Å². The highest BCUT2D eigenvalue weighted by Crippen LogP contribution is 2.32. The summed E-state index contributed by atoms with van der Waals surface area (Å²) in [4.78, 5) is -3.25. The summed E-state index contributed by atoms with van der Waals surface area (Å²) in [6.07, 6.45) is -1.72. The molecule has 0 rings (SSSR count). The van der Waals surface area contributed by atoms with Crippen molar-refractivity contribution < 1.29 is 13.9 Å². The van der Waals surface area contributed by atoms with E-state index in [9.17, 15) is 8.78 Å². The molecule has 0 aliphatic carbocycles. The molecule has 0 aliphatic heterocycles. The lowest BCUT2D eigenvalue weighted by Gasteiger charge is -2.27. The molecule has 2 nitrogen and oxygen atoms in total. The molecule has 0 aromatic heterocycles. The highest BCUT2D eigenvalue weighted by Gasteiger charge is 2.40. The molecular formula is C7H14BrF2NO. The summed E-state index contributed by atoms with van der Waals surface area (Å²) >= 11 is 2.11. The van der Waals surface area contributed by atoms with Crippen LogP contribution in [0.25, 0.3) is 0 Å². The average Bonchev–Trinajstić information content (AvgIpc) is 1.86. The van der Waals surface area contributed by atoms with Crippen molar-refractivity contribution in [2.24, 2.45) is 17.6 Å². The van der Waals surface area contributed by atoms with E-state index in [0.29, 0.717) is 0 Å². The van der Waals surface area contributed by atoms with Crippen LogP contribution in [0.5, 0.6) is 0 Å². The van der Waals surface area contributed by atoms with Gasteiger partial charge >= 0.3 is 4.83 Å². The summed E-state index contributed by atoms with van der Waals surface area (Å²) in [5.74, 6) is -0.646. The normalized spacial score (nSPS) is 18.0. The average molecular weight is 246 g/mol. The first kappa shape index (κ1) is 12.3. The number of hydrogen-bond acceptors (Lipinski definition) is 2. The number of nitrogens with two attached hydrogens (primary N) is 1. The van der Waals surface area contributed by atoms with Gasteiger partial charge in [-0.25, -0.2) is 0 Å². The van der Waals surface area contributed by atoms with Crippen LogP contribution in [0, 0.1) is 11.8 Å². The zero-order chi connectivity index (χ0) is 9.94. The number of hydrogen-bond donors (Lipinski definition) is 2. The van der Waals surface area contributed by atoms with Gasteiger partial charge in [-0.3, -0.25) is 0 Å². The van der Waals surface area contributed by atoms with Crippen molar-refractivity contribution >= 4 is 15.9 Å². The summed E-state index contributed by atoms with van der Waals surface area (Å²) in [6, 6.07) is 0. The predicted molar refractivity (Wildman–Crippen MR) is 47.3 cm³/mol. The summed E-state index contributed by atoms with van der Waals surface area (Å²) in [6.45, 7) is 3.55. The molecule has 0 heterocycles. The van der Waals surface area contributed by atoms with Crippen LogP contribution < -0.4 is 5.73 Å². The first-order valence-corrected chi connectivity index (χ1v) is 4.54. The number of halogens is 3. The van der Waals surface area contributed by atoms with Gasteiger partial charge in [0.05, 0.1) is 0 Å². The Bertz CT molecular complexity index is 138. The fourth-order valence-corrected chi connectivity index (χ4v) is 1.35. The summed E-state index contributed by atoms with van der Waals surface area (Å²) in [5.41, 5.74) is 5.26. The third-order valence-electron chi connectivity index (χ3n) is 1.87. The standard InChI is InChI=1S/C7H14BrF2NO/c1-4(2)5(3-11)6(12)7(8,9)10/h4-6,12H,3,11H2,1-2H3. The van der Waals surface area contributed by atoms with Crippen molar-refractivity contribution in [2.45, 2.75) is 24.8 Å². The van der Waals surface area contributed by atoms with Crippen molar-refractivity contribution in [3.8, 4) is 0 Å². The SMILES string of the molecule is CC(C)C(CN)C(O)C(F)(F)Br. The Labute approximate surface area is 79.3 Å². The predicted octanol–water partition coefficient (Wildman–Crippen LogP) is 1.57. The van der Waals surface area contributed by atoms with Crippen LogP contribution in [-0.2, 0) is 0 Å². The van der Waals surface area contributed by atoms with E-state index in [0.717, 1.165) is 0 Å². The van der Waals surface area contributed by atoms with Crippen LogP contribution in [-0.4, -0.2) is 22.6 Å². The Balaban J connectivity index is 4.32. The molecule has 5 heteroatoms. The van der Waals surface area contributed by atoms with E-state index in [2.05, 4.69) is 15.9 Å². The second-order valence-corrected chi connectivity index (χ2v) is 4.19. The maximum Gasteiger partial charge on any atom is 0.326 e. The molecular weight excluding hydrogens is 232 g/mol. The van der Waals surface area contributed by atoms with Crippen LogP contribution >= 0.6 is 15.9 Å². The highest BCUT2D eigenvalue weighted by molar-refractivity contribution is 9.10. The maximum atomic E-state index is 12.5. The molecule has 0 aromatic rings. The molecule has 12 heavy (non-hydrogen) atoms. The Kier molecular flexibility index (Phi) is 4.58. The van der Waals surface area contributed by atoms with Gasteiger partial charge in [-0.05, 0) is 28.4 Å². The molecule has 0 spiro atoms. The Morgan fingerprint density at radius 1 is 1.50 bits per heavy atom. The monoisotopic (exact) mass is 245 g/mol. The van der Waals surface area contributed by atoms with E-state index >= 15 is 0 Å². The Hall–Kier alpha value is 0.260. The number of aliphatic hydroxyl groups is 1. The topological polar surface area (TPSA) is 46.2 Å². The van der Waals surface area contributed by atoms with E-state index in [1.54, 1.807) is 13.8 Å². The second kappa shape index (κ2) is 4.48. The lowest BCUT2D eigenvalue weighted by atomic mass is 9.90. The minimum absolute atomic E-state index is 0.0556. The maximum absolute atomic E-state index is 12.5. The summed E-state index contributed by atoms with van der Waals surface area (Å²) in [7, 11) is 0. The molecule has 0 saturated heterocycles. The molecule has 0 fully saturated rings. The first-order valence-electron chi connectivity index (χ1n) is 3.75. The smallest absolute Gasteiger partial charge is 0.326 e. The minimum Gasteiger partial charge on any atom is -0.386 e. The van der Waals surface area contributed by atoms with E-state index in [-0.39, 0.29) is 12.5 Å². The largest absolute Gasteiger partial charge is 0.386 e. The van der Waals surface area contributed by atoms with Gasteiger partial charge in [-0.1, -0.05) is 13.8 Å². The third kappa shape index (κ3) is 3.33. The number of alkyl halides is 3. The van der Waals surface area contributed by atoms with Crippen molar-refractivity contribution in [3.63, 3.8) is 0 Å². The molecule has 0 aliphatic rings. The zero-order valence-electron chi connectivity index (χ0n) is 7.10. The molecule has 2 unspecified atom stereocenters. The number of rotatable bonds is 4. The summed E-state index contributed by atoms with van der Waals surface area (Å²) in [5, 5.41) is 9.14. The van der Waals surface area contributed by atoms with Gasteiger partial charge in [0, 0.05) is 5.92 Å². The highest BCUT2D eigenvalue weighted by atomic mass is 79.9. The van der Waals surface area contributed by atoms with Gasteiger partial charge in [-0.15, -0.1) is 0 Å². The van der Waals surface area contributed by atoms with Gasteiger partial charge in [0.25, 0.3) is 0 Å². The van der Waals surface area contributed by atoms with Gasteiger partial charge in [0.1, 0.15) is 6.10 Å². The van der Waals surface area contributed by atoms with E-state index in [1.807, 2.05) is 0 Å². The van der Waals surface area contributed by atoms with Crippen molar-refractivity contribution in [1.82, 2.24) is 0 Å². The fraction of sp³-hybridized carbons (Fsp3) is 1.00. The van der Waals surface area contributed by atoms with Crippen molar-refractivity contribution in [3.05, 3.63) is 0 Å². The molecule has 74 valence electrons. The minimum atomic E-state index is -3.25. The molecule has 0 aromatic carbocycles. The Morgan fingerprint density at radius 2 is 1.92 bits per heavy atom. The van der Waals surface area contributed by atoms with Gasteiger partial charge in [0.15, 0.2) is 0 Å². The first-order chi connectivity index (χ1) is 5.30. The van der Waals surface area contributed by atoms with Crippen molar-refractivity contribution in [1.29, 1.82) is 0 Å². The second-order valence-electron chi connectivity index (χ2n) is 3.13. The van der Waals surface area contributed by atoms with E-state index in [4.69, 9.17) is 10.8 Å². The van der Waals surface area contributed by atoms with Crippen LogP contribution in [0.4, 0.5) is 8.78 Å². The number of aliphatic hydroxyl groups excluding tert-OH is 1. The van der Waals surface area contributed by atoms with Crippen LogP contribution in [0.2, 0.25) is 0 Å². The van der Waals surface area contributed by atoms with Crippen LogP contribution in [0.15, 0.2) is 0 Å². The van der Waals surface area contributed by atoms with Crippen LogP contribution in [0.3, 0.4) is 0 Å². The lowest BCUT2D eigenvalue weighted by Crippen LogP contribution is -2.41. The van der Waals surface area contributed by atoms with Crippen molar-refractivity contribution in [2.75, 3.05) is 6.54 Å². The summed E-state index contributed by atoms with van der Waals surface area (Å²) < 4.78 is 25.0. The molecule has 3 N–H and O–H groups in total. The molecule has 0 radical (unpaired) electrons. The Morgan fingerprint density at radius 3 is 2.00 bits per heavy atom. The van der Waals surface area contributed by atoms with E-state index in [1.165, 1.54) is 0 Å². The van der Waals surface area contributed by atoms with E-state index < -0.39 is 16.9 Å². The lowest BCUT2D eigenvalue weighted by molar-refractivity contribution is -0.0672. The quantitative estimate of drug-likeness (QED) is 0.739. The third-order valence-corrected chi connectivity index (χ3v) is 2.34. The molecule has 0 amide bonds. The molecule has 0 bridgehead atoms. The molecule has 2 atom stereocenters.